The van der Waals surface area contributed by atoms with Crippen molar-refractivity contribution in [1.29, 1.82) is 5.26 Å². The van der Waals surface area contributed by atoms with E-state index in [1.54, 1.807) is 25.7 Å². The number of nitrogens with one attached hydrogen (secondary N) is 1. The van der Waals surface area contributed by atoms with Crippen LogP contribution in [0.5, 0.6) is 0 Å². The summed E-state index contributed by atoms with van der Waals surface area (Å²) in [6.45, 7) is 7.69. The zero-order valence-electron chi connectivity index (χ0n) is 12.6. The van der Waals surface area contributed by atoms with E-state index in [2.05, 4.69) is 11.4 Å². The third-order valence-electron chi connectivity index (χ3n) is 3.08. The van der Waals surface area contributed by atoms with Crippen molar-refractivity contribution in [3.05, 3.63) is 0 Å². The maximum atomic E-state index is 12.4. The Labute approximate surface area is 120 Å². The van der Waals surface area contributed by atoms with Gasteiger partial charge in [-0.25, -0.2) is 4.79 Å². The highest BCUT2D eigenvalue weighted by molar-refractivity contribution is 5.86. The minimum atomic E-state index is -0.640. The van der Waals surface area contributed by atoms with Gasteiger partial charge in [0, 0.05) is 6.54 Å². The molecule has 0 spiro atoms. The van der Waals surface area contributed by atoms with Crippen LogP contribution in [-0.4, -0.2) is 41.1 Å². The van der Waals surface area contributed by atoms with E-state index in [9.17, 15) is 9.59 Å². The van der Waals surface area contributed by atoms with Crippen LogP contribution in [0.25, 0.3) is 0 Å². The Morgan fingerprint density at radius 2 is 2.15 bits per heavy atom. The summed E-state index contributed by atoms with van der Waals surface area (Å²) in [6, 6.07) is 1.11. The molecule has 1 rings (SSSR count). The number of amides is 2. The highest BCUT2D eigenvalue weighted by Gasteiger charge is 2.33. The molecule has 0 aromatic carbocycles. The molecule has 112 valence electrons. The number of nitriles is 1. The van der Waals surface area contributed by atoms with E-state index in [4.69, 9.17) is 10.00 Å². The van der Waals surface area contributed by atoms with Crippen molar-refractivity contribution in [3.8, 4) is 6.07 Å². The Bertz CT molecular complexity index is 409. The summed E-state index contributed by atoms with van der Waals surface area (Å²) in [5.41, 5.74) is -0.603. The van der Waals surface area contributed by atoms with Crippen molar-refractivity contribution in [2.45, 2.75) is 64.6 Å². The molecule has 0 bridgehead atoms. The monoisotopic (exact) mass is 281 g/mol. The molecule has 6 heteroatoms. The first kappa shape index (κ1) is 16.3. The minimum Gasteiger partial charge on any atom is -0.444 e. The number of ether oxygens (including phenoxy) is 1. The lowest BCUT2D eigenvalue weighted by Gasteiger charge is -2.27. The van der Waals surface area contributed by atoms with Crippen molar-refractivity contribution in [1.82, 2.24) is 10.2 Å². The van der Waals surface area contributed by atoms with Crippen LogP contribution >= 0.6 is 0 Å². The van der Waals surface area contributed by atoms with Crippen LogP contribution in [0.2, 0.25) is 0 Å². The van der Waals surface area contributed by atoms with Crippen LogP contribution in [0.1, 0.15) is 47.0 Å². The first-order valence-corrected chi connectivity index (χ1v) is 6.98. The highest BCUT2D eigenvalue weighted by atomic mass is 16.6. The van der Waals surface area contributed by atoms with Crippen LogP contribution in [0.3, 0.4) is 0 Å². The summed E-state index contributed by atoms with van der Waals surface area (Å²) in [4.78, 5) is 25.6. The Morgan fingerprint density at radius 1 is 1.50 bits per heavy atom. The first-order chi connectivity index (χ1) is 9.28. The standard InChI is InChI=1S/C14H23N3O3/c1-5-11(16-13(19)20-14(2,3)4)12(18)17-8-6-7-10(17)9-15/h10-11H,5-8H2,1-4H3,(H,16,19). The topological polar surface area (TPSA) is 82.4 Å². The number of carbonyl (C=O) groups is 2. The molecule has 2 amide bonds. The van der Waals surface area contributed by atoms with Gasteiger partial charge in [-0.2, -0.15) is 5.26 Å². The largest absolute Gasteiger partial charge is 0.444 e. The maximum Gasteiger partial charge on any atom is 0.408 e. The fourth-order valence-corrected chi connectivity index (χ4v) is 2.15. The molecule has 1 aliphatic rings. The predicted octanol–water partition coefficient (Wildman–Crippen LogP) is 1.80. The number of alkyl carbamates (subject to hydrolysis) is 1. The van der Waals surface area contributed by atoms with Gasteiger partial charge in [0.25, 0.3) is 0 Å². The van der Waals surface area contributed by atoms with E-state index < -0.39 is 17.7 Å². The van der Waals surface area contributed by atoms with Crippen LogP contribution in [-0.2, 0) is 9.53 Å². The predicted molar refractivity (Wildman–Crippen MR) is 73.8 cm³/mol. The minimum absolute atomic E-state index is 0.206. The van der Waals surface area contributed by atoms with Gasteiger partial charge in [-0.15, -0.1) is 0 Å². The normalized spacial score (nSPS) is 20.1. The molecule has 2 atom stereocenters. The van der Waals surface area contributed by atoms with Gasteiger partial charge in [0.1, 0.15) is 17.7 Å². The number of nitrogens with zero attached hydrogens (tertiary/aromatic N) is 2. The van der Waals surface area contributed by atoms with Gasteiger partial charge in [-0.05, 0) is 40.0 Å². The van der Waals surface area contributed by atoms with Gasteiger partial charge in [0.2, 0.25) is 5.91 Å². The Morgan fingerprint density at radius 3 is 2.65 bits per heavy atom. The zero-order valence-corrected chi connectivity index (χ0v) is 12.6. The first-order valence-electron chi connectivity index (χ1n) is 6.98. The smallest absolute Gasteiger partial charge is 0.408 e. The van der Waals surface area contributed by atoms with Crippen LogP contribution in [0.15, 0.2) is 0 Å². The summed E-state index contributed by atoms with van der Waals surface area (Å²) in [5, 5.41) is 11.6. The summed E-state index contributed by atoms with van der Waals surface area (Å²) in [6.07, 6.45) is 1.38. The fourth-order valence-electron chi connectivity index (χ4n) is 2.15. The van der Waals surface area contributed by atoms with Gasteiger partial charge < -0.3 is 15.0 Å². The summed E-state index contributed by atoms with van der Waals surface area (Å²) in [7, 11) is 0. The van der Waals surface area contributed by atoms with E-state index in [0.717, 1.165) is 6.42 Å². The van der Waals surface area contributed by atoms with Crippen molar-refractivity contribution in [2.75, 3.05) is 6.54 Å². The van der Waals surface area contributed by atoms with Crippen LogP contribution < -0.4 is 5.32 Å². The Balaban J connectivity index is 2.64. The molecule has 0 radical (unpaired) electrons. The molecule has 0 saturated carbocycles. The average molecular weight is 281 g/mol. The number of carbonyl (C=O) groups excluding carboxylic acids is 2. The SMILES string of the molecule is CCC(NC(=O)OC(C)(C)C)C(=O)N1CCCC1C#N. The molecule has 20 heavy (non-hydrogen) atoms. The van der Waals surface area contributed by atoms with E-state index in [0.29, 0.717) is 19.4 Å². The molecule has 1 aliphatic heterocycles. The number of hydrogen-bond acceptors (Lipinski definition) is 4. The van der Waals surface area contributed by atoms with E-state index in [-0.39, 0.29) is 11.9 Å². The van der Waals surface area contributed by atoms with E-state index >= 15 is 0 Å². The molecular formula is C14H23N3O3. The molecule has 6 nitrogen and oxygen atoms in total. The lowest BCUT2D eigenvalue weighted by molar-refractivity contribution is -0.133. The van der Waals surface area contributed by atoms with Crippen molar-refractivity contribution in [2.24, 2.45) is 0 Å². The second-order valence-electron chi connectivity index (χ2n) is 5.93. The van der Waals surface area contributed by atoms with Gasteiger partial charge in [-0.3, -0.25) is 4.79 Å². The van der Waals surface area contributed by atoms with Crippen LogP contribution in [0.4, 0.5) is 4.79 Å². The zero-order chi connectivity index (χ0) is 15.3. The third kappa shape index (κ3) is 4.41. The Hall–Kier alpha value is -1.77. The van der Waals surface area contributed by atoms with Crippen molar-refractivity contribution in [3.63, 3.8) is 0 Å². The summed E-state index contributed by atoms with van der Waals surface area (Å²) >= 11 is 0. The molecule has 0 aliphatic carbocycles. The molecule has 2 unspecified atom stereocenters. The van der Waals surface area contributed by atoms with Gasteiger partial charge >= 0.3 is 6.09 Å². The second kappa shape index (κ2) is 6.60. The van der Waals surface area contributed by atoms with Crippen molar-refractivity contribution >= 4 is 12.0 Å². The number of likely N-dealkylation sites (tertiary alicyclic amines) is 1. The lowest BCUT2D eigenvalue weighted by atomic mass is 10.1. The number of rotatable bonds is 3. The lowest BCUT2D eigenvalue weighted by Crippen LogP contribution is -2.50. The molecular weight excluding hydrogens is 258 g/mol. The molecule has 0 aromatic heterocycles. The van der Waals surface area contributed by atoms with Crippen molar-refractivity contribution < 1.29 is 14.3 Å². The second-order valence-corrected chi connectivity index (χ2v) is 5.93. The average Bonchev–Trinajstić information content (AvgIpc) is 2.81. The maximum absolute atomic E-state index is 12.4. The van der Waals surface area contributed by atoms with E-state index in [1.165, 1.54) is 0 Å². The molecule has 1 N–H and O–H groups in total. The quantitative estimate of drug-likeness (QED) is 0.855. The summed E-state index contributed by atoms with van der Waals surface area (Å²) < 4.78 is 5.15. The fraction of sp³-hybridized carbons (Fsp3) is 0.786. The summed E-state index contributed by atoms with van der Waals surface area (Å²) in [5.74, 6) is -0.206. The third-order valence-corrected chi connectivity index (χ3v) is 3.08. The van der Waals surface area contributed by atoms with Gasteiger partial charge in [0.15, 0.2) is 0 Å². The van der Waals surface area contributed by atoms with E-state index in [1.807, 2.05) is 6.92 Å². The highest BCUT2D eigenvalue weighted by Crippen LogP contribution is 2.18. The molecule has 1 fully saturated rings. The number of hydrogen-bond donors (Lipinski definition) is 1. The molecule has 1 heterocycles. The molecule has 1 saturated heterocycles. The van der Waals surface area contributed by atoms with Gasteiger partial charge in [-0.1, -0.05) is 6.92 Å². The van der Waals surface area contributed by atoms with Crippen LogP contribution in [0, 0.1) is 11.3 Å². The molecule has 0 aromatic rings. The Kier molecular flexibility index (Phi) is 5.37. The van der Waals surface area contributed by atoms with Gasteiger partial charge in [0.05, 0.1) is 6.07 Å².